The summed E-state index contributed by atoms with van der Waals surface area (Å²) in [6, 6.07) is 3.43. The molecule has 0 spiro atoms. The van der Waals surface area contributed by atoms with Crippen LogP contribution < -0.4 is 0 Å². The zero-order valence-electron chi connectivity index (χ0n) is 5.63. The Morgan fingerprint density at radius 3 is 3.00 bits per heavy atom. The van der Waals surface area contributed by atoms with E-state index < -0.39 is 0 Å². The van der Waals surface area contributed by atoms with Crippen LogP contribution in [0.25, 0.3) is 0 Å². The molecule has 0 atom stereocenters. The molecule has 1 rings (SSSR count). The smallest absolute Gasteiger partial charge is 0.243 e. The summed E-state index contributed by atoms with van der Waals surface area (Å²) in [7, 11) is 0. The molecule has 1 aromatic heterocycles. The lowest BCUT2D eigenvalue weighted by molar-refractivity contribution is 0.522. The SMILES string of the molecule is CCc1ccc(N=C=O)o1. The zero-order chi connectivity index (χ0) is 7.40. The minimum Gasteiger partial charge on any atom is -0.443 e. The van der Waals surface area contributed by atoms with E-state index in [1.807, 2.05) is 6.92 Å². The Bertz CT molecular complexity index is 258. The molecule has 0 aliphatic carbocycles. The van der Waals surface area contributed by atoms with Crippen molar-refractivity contribution in [3.8, 4) is 0 Å². The number of isocyanates is 1. The van der Waals surface area contributed by atoms with Gasteiger partial charge in [0.1, 0.15) is 5.76 Å². The Hall–Kier alpha value is -1.34. The van der Waals surface area contributed by atoms with Crippen LogP contribution in [0.2, 0.25) is 0 Å². The summed E-state index contributed by atoms with van der Waals surface area (Å²) < 4.78 is 5.04. The first-order valence-corrected chi connectivity index (χ1v) is 3.03. The number of hydrogen-bond donors (Lipinski definition) is 0. The Morgan fingerprint density at radius 1 is 1.70 bits per heavy atom. The molecule has 0 radical (unpaired) electrons. The zero-order valence-corrected chi connectivity index (χ0v) is 5.63. The molecular formula is C7H7NO2. The number of hydrogen-bond acceptors (Lipinski definition) is 3. The molecule has 0 aliphatic heterocycles. The first-order valence-electron chi connectivity index (χ1n) is 3.03. The molecule has 0 fully saturated rings. The summed E-state index contributed by atoms with van der Waals surface area (Å²) in [6.45, 7) is 1.97. The van der Waals surface area contributed by atoms with Gasteiger partial charge in [-0.15, -0.1) is 4.99 Å². The molecular weight excluding hydrogens is 130 g/mol. The summed E-state index contributed by atoms with van der Waals surface area (Å²) in [5.41, 5.74) is 0. The van der Waals surface area contributed by atoms with Gasteiger partial charge < -0.3 is 4.42 Å². The molecule has 0 unspecified atom stereocenters. The lowest BCUT2D eigenvalue weighted by Gasteiger charge is -1.82. The number of aryl methyl sites for hydroxylation is 1. The van der Waals surface area contributed by atoms with Gasteiger partial charge in [-0.3, -0.25) is 0 Å². The molecule has 0 N–H and O–H groups in total. The largest absolute Gasteiger partial charge is 0.443 e. The van der Waals surface area contributed by atoms with E-state index in [4.69, 9.17) is 4.42 Å². The Morgan fingerprint density at radius 2 is 2.50 bits per heavy atom. The fourth-order valence-electron chi connectivity index (χ4n) is 0.662. The van der Waals surface area contributed by atoms with Crippen LogP contribution in [0.15, 0.2) is 21.5 Å². The number of carbonyl (C=O) groups excluding carboxylic acids is 1. The number of aliphatic imine (C=N–C) groups is 1. The minimum absolute atomic E-state index is 0.326. The summed E-state index contributed by atoms with van der Waals surface area (Å²) in [4.78, 5) is 13.0. The van der Waals surface area contributed by atoms with Crippen LogP contribution in [-0.2, 0) is 11.2 Å². The van der Waals surface area contributed by atoms with E-state index in [1.165, 1.54) is 6.08 Å². The van der Waals surface area contributed by atoms with E-state index in [-0.39, 0.29) is 0 Å². The quantitative estimate of drug-likeness (QED) is 0.460. The van der Waals surface area contributed by atoms with E-state index in [0.717, 1.165) is 12.2 Å². The first-order chi connectivity index (χ1) is 4.86. The molecule has 52 valence electrons. The predicted molar refractivity (Wildman–Crippen MR) is 35.9 cm³/mol. The lowest BCUT2D eigenvalue weighted by atomic mass is 10.4. The normalized spacial score (nSPS) is 8.90. The predicted octanol–water partition coefficient (Wildman–Crippen LogP) is 1.81. The third-order valence-corrected chi connectivity index (χ3v) is 1.15. The van der Waals surface area contributed by atoms with Crippen molar-refractivity contribution in [2.45, 2.75) is 13.3 Å². The standard InChI is InChI=1S/C7H7NO2/c1-2-6-3-4-7(10-6)8-5-9/h3-4H,2H2,1H3. The molecule has 3 heteroatoms. The van der Waals surface area contributed by atoms with Crippen molar-refractivity contribution in [3.05, 3.63) is 17.9 Å². The average molecular weight is 137 g/mol. The van der Waals surface area contributed by atoms with Crippen molar-refractivity contribution in [2.24, 2.45) is 4.99 Å². The Kier molecular flexibility index (Phi) is 2.03. The maximum absolute atomic E-state index is 9.72. The van der Waals surface area contributed by atoms with Gasteiger partial charge in [-0.05, 0) is 6.07 Å². The number of rotatable bonds is 2. The van der Waals surface area contributed by atoms with Gasteiger partial charge in [-0.25, -0.2) is 4.79 Å². The van der Waals surface area contributed by atoms with E-state index in [2.05, 4.69) is 4.99 Å². The van der Waals surface area contributed by atoms with Gasteiger partial charge in [-0.1, -0.05) is 6.92 Å². The molecule has 0 aromatic carbocycles. The third-order valence-electron chi connectivity index (χ3n) is 1.15. The van der Waals surface area contributed by atoms with Crippen molar-refractivity contribution in [2.75, 3.05) is 0 Å². The molecule has 3 nitrogen and oxygen atoms in total. The summed E-state index contributed by atoms with van der Waals surface area (Å²) in [5.74, 6) is 1.15. The monoisotopic (exact) mass is 137 g/mol. The van der Waals surface area contributed by atoms with E-state index in [9.17, 15) is 4.79 Å². The molecule has 1 aromatic rings. The second kappa shape index (κ2) is 2.99. The highest BCUT2D eigenvalue weighted by Gasteiger charge is 1.95. The van der Waals surface area contributed by atoms with Crippen LogP contribution in [-0.4, -0.2) is 6.08 Å². The summed E-state index contributed by atoms with van der Waals surface area (Å²) in [6.07, 6.45) is 2.22. The van der Waals surface area contributed by atoms with Crippen molar-refractivity contribution in [3.63, 3.8) is 0 Å². The molecule has 0 saturated carbocycles. The molecule has 1 heterocycles. The minimum atomic E-state index is 0.326. The van der Waals surface area contributed by atoms with Crippen LogP contribution in [0.5, 0.6) is 0 Å². The number of furan rings is 1. The maximum atomic E-state index is 9.72. The second-order valence-corrected chi connectivity index (χ2v) is 1.80. The highest BCUT2D eigenvalue weighted by Crippen LogP contribution is 2.15. The highest BCUT2D eigenvalue weighted by atomic mass is 16.4. The number of nitrogens with zero attached hydrogens (tertiary/aromatic N) is 1. The van der Waals surface area contributed by atoms with Gasteiger partial charge in [0.25, 0.3) is 0 Å². The van der Waals surface area contributed by atoms with Crippen LogP contribution in [0.3, 0.4) is 0 Å². The topological polar surface area (TPSA) is 42.6 Å². The molecule has 0 aliphatic rings. The van der Waals surface area contributed by atoms with Crippen molar-refractivity contribution >= 4 is 12.0 Å². The van der Waals surface area contributed by atoms with Gasteiger partial charge in [-0.2, -0.15) is 0 Å². The van der Waals surface area contributed by atoms with Crippen LogP contribution >= 0.6 is 0 Å². The third kappa shape index (κ3) is 1.33. The van der Waals surface area contributed by atoms with Gasteiger partial charge >= 0.3 is 0 Å². The van der Waals surface area contributed by atoms with E-state index >= 15 is 0 Å². The van der Waals surface area contributed by atoms with Gasteiger partial charge in [0, 0.05) is 12.5 Å². The van der Waals surface area contributed by atoms with Gasteiger partial charge in [0.15, 0.2) is 0 Å². The molecule has 0 saturated heterocycles. The van der Waals surface area contributed by atoms with Crippen LogP contribution in [0, 0.1) is 0 Å². The Labute approximate surface area is 58.4 Å². The fraction of sp³-hybridized carbons (Fsp3) is 0.286. The maximum Gasteiger partial charge on any atom is 0.243 e. The summed E-state index contributed by atoms with van der Waals surface area (Å²) in [5, 5.41) is 0. The van der Waals surface area contributed by atoms with Gasteiger partial charge in [0.05, 0.1) is 0 Å². The highest BCUT2D eigenvalue weighted by molar-refractivity contribution is 5.42. The average Bonchev–Trinajstić information content (AvgIpc) is 2.37. The van der Waals surface area contributed by atoms with Crippen molar-refractivity contribution in [1.29, 1.82) is 0 Å². The van der Waals surface area contributed by atoms with Crippen molar-refractivity contribution in [1.82, 2.24) is 0 Å². The van der Waals surface area contributed by atoms with E-state index in [1.54, 1.807) is 12.1 Å². The van der Waals surface area contributed by atoms with Crippen molar-refractivity contribution < 1.29 is 9.21 Å². The van der Waals surface area contributed by atoms with E-state index in [0.29, 0.717) is 5.88 Å². The van der Waals surface area contributed by atoms with Crippen LogP contribution in [0.1, 0.15) is 12.7 Å². The molecule has 0 bridgehead atoms. The molecule has 10 heavy (non-hydrogen) atoms. The molecule has 0 amide bonds. The Balaban J connectivity index is 2.87. The fourth-order valence-corrected chi connectivity index (χ4v) is 0.662. The van der Waals surface area contributed by atoms with Crippen LogP contribution in [0.4, 0.5) is 5.88 Å². The van der Waals surface area contributed by atoms with Gasteiger partial charge in [0.2, 0.25) is 12.0 Å². The first kappa shape index (κ1) is 6.78. The lowest BCUT2D eigenvalue weighted by Crippen LogP contribution is -1.67. The summed E-state index contributed by atoms with van der Waals surface area (Å²) >= 11 is 0. The second-order valence-electron chi connectivity index (χ2n) is 1.80.